The first-order valence-corrected chi connectivity index (χ1v) is 10.5. The Morgan fingerprint density at radius 3 is 2.41 bits per heavy atom. The highest BCUT2D eigenvalue weighted by molar-refractivity contribution is 7.89. The highest BCUT2D eigenvalue weighted by Crippen LogP contribution is 2.14. The van der Waals surface area contributed by atoms with Gasteiger partial charge in [-0.25, -0.2) is 12.7 Å². The molecule has 0 aliphatic rings. The lowest BCUT2D eigenvalue weighted by Crippen LogP contribution is -2.37. The smallest absolute Gasteiger partial charge is 0.251 e. The zero-order valence-corrected chi connectivity index (χ0v) is 17.2. The van der Waals surface area contributed by atoms with Crippen LogP contribution in [0.2, 0.25) is 0 Å². The van der Waals surface area contributed by atoms with Crippen LogP contribution in [0.4, 0.5) is 0 Å². The molecule has 2 rings (SSSR count). The van der Waals surface area contributed by atoms with Crippen molar-refractivity contribution in [2.75, 3.05) is 33.8 Å². The van der Waals surface area contributed by atoms with E-state index in [9.17, 15) is 18.0 Å². The molecule has 0 saturated heterocycles. The number of benzene rings is 2. The minimum atomic E-state index is -3.64. The van der Waals surface area contributed by atoms with Gasteiger partial charge < -0.3 is 15.4 Å². The molecule has 9 heteroatoms. The lowest BCUT2D eigenvalue weighted by Gasteiger charge is -2.12. The third kappa shape index (κ3) is 6.88. The predicted molar refractivity (Wildman–Crippen MR) is 109 cm³/mol. The van der Waals surface area contributed by atoms with Crippen LogP contribution in [0, 0.1) is 0 Å². The molecule has 156 valence electrons. The molecule has 2 aromatic rings. The van der Waals surface area contributed by atoms with Crippen molar-refractivity contribution in [2.24, 2.45) is 0 Å². The van der Waals surface area contributed by atoms with Gasteiger partial charge in [-0.1, -0.05) is 24.3 Å². The second kappa shape index (κ2) is 10.6. The fourth-order valence-electron chi connectivity index (χ4n) is 2.34. The maximum absolute atomic E-state index is 12.2. The molecule has 2 aromatic carbocycles. The maximum atomic E-state index is 12.2. The van der Waals surface area contributed by atoms with E-state index in [0.29, 0.717) is 19.6 Å². The van der Waals surface area contributed by atoms with Crippen LogP contribution in [-0.4, -0.2) is 58.3 Å². The second-order valence-electron chi connectivity index (χ2n) is 6.36. The highest BCUT2D eigenvalue weighted by Gasteiger charge is 2.18. The van der Waals surface area contributed by atoms with Gasteiger partial charge in [-0.3, -0.25) is 9.59 Å². The fraction of sp³-hybridized carbons (Fsp3) is 0.300. The average Bonchev–Trinajstić information content (AvgIpc) is 2.72. The van der Waals surface area contributed by atoms with E-state index in [4.69, 9.17) is 4.74 Å². The van der Waals surface area contributed by atoms with Crippen LogP contribution in [0.25, 0.3) is 0 Å². The molecule has 0 atom stereocenters. The molecule has 2 amide bonds. The van der Waals surface area contributed by atoms with Gasteiger partial charge in [-0.2, -0.15) is 0 Å². The van der Waals surface area contributed by atoms with Crippen molar-refractivity contribution in [3.05, 3.63) is 60.2 Å². The zero-order valence-electron chi connectivity index (χ0n) is 16.4. The molecule has 0 aromatic heterocycles. The van der Waals surface area contributed by atoms with Gasteiger partial charge in [0, 0.05) is 26.2 Å². The van der Waals surface area contributed by atoms with Crippen LogP contribution >= 0.6 is 0 Å². The minimum absolute atomic E-state index is 0.0121. The summed E-state index contributed by atoms with van der Waals surface area (Å²) >= 11 is 0. The molecule has 0 unspecified atom stereocenters. The van der Waals surface area contributed by atoms with Crippen molar-refractivity contribution in [2.45, 2.75) is 11.3 Å². The number of ether oxygens (including phenoxy) is 1. The number of carbonyl (C=O) groups excluding carboxylic acids is 2. The summed E-state index contributed by atoms with van der Waals surface area (Å²) in [6.45, 7) is 0.672. The first kappa shape index (κ1) is 22.4. The molecule has 29 heavy (non-hydrogen) atoms. The van der Waals surface area contributed by atoms with Gasteiger partial charge in [0.1, 0.15) is 5.75 Å². The van der Waals surface area contributed by atoms with Gasteiger partial charge in [0.2, 0.25) is 15.9 Å². The standard InChI is InChI=1S/C20H25N3O5S/c1-23(2)29(26,27)18-11-6-8-16(14-18)20(25)22-15-19(24)21-12-7-13-28-17-9-4-3-5-10-17/h3-6,8-11,14H,7,12-13,15H2,1-2H3,(H,21,24)(H,22,25). The van der Waals surface area contributed by atoms with E-state index in [1.54, 1.807) is 0 Å². The van der Waals surface area contributed by atoms with E-state index in [0.717, 1.165) is 10.1 Å². The molecule has 0 fully saturated rings. The third-order valence-electron chi connectivity index (χ3n) is 3.94. The molecule has 2 N–H and O–H groups in total. The molecule has 0 radical (unpaired) electrons. The van der Waals surface area contributed by atoms with Crippen LogP contribution in [0.15, 0.2) is 59.5 Å². The zero-order chi connectivity index (χ0) is 21.3. The van der Waals surface area contributed by atoms with Gasteiger partial charge in [-0.05, 0) is 36.8 Å². The monoisotopic (exact) mass is 419 g/mol. The van der Waals surface area contributed by atoms with E-state index >= 15 is 0 Å². The largest absolute Gasteiger partial charge is 0.494 e. The van der Waals surface area contributed by atoms with E-state index in [1.807, 2.05) is 30.3 Å². The normalized spacial score (nSPS) is 11.1. The highest BCUT2D eigenvalue weighted by atomic mass is 32.2. The Morgan fingerprint density at radius 1 is 1.00 bits per heavy atom. The van der Waals surface area contributed by atoms with Crippen molar-refractivity contribution in [3.8, 4) is 5.75 Å². The van der Waals surface area contributed by atoms with E-state index < -0.39 is 15.9 Å². The summed E-state index contributed by atoms with van der Waals surface area (Å²) in [6.07, 6.45) is 0.624. The third-order valence-corrected chi connectivity index (χ3v) is 5.75. The van der Waals surface area contributed by atoms with Crippen molar-refractivity contribution in [3.63, 3.8) is 0 Å². The Morgan fingerprint density at radius 2 is 1.72 bits per heavy atom. The Bertz CT molecular complexity index is 930. The Kier molecular flexibility index (Phi) is 8.17. The second-order valence-corrected chi connectivity index (χ2v) is 8.51. The van der Waals surface area contributed by atoms with Crippen LogP contribution < -0.4 is 15.4 Å². The van der Waals surface area contributed by atoms with Crippen molar-refractivity contribution < 1.29 is 22.7 Å². The van der Waals surface area contributed by atoms with Crippen molar-refractivity contribution in [1.29, 1.82) is 0 Å². The predicted octanol–water partition coefficient (Wildman–Crippen LogP) is 1.25. The summed E-state index contributed by atoms with van der Waals surface area (Å²) in [5.74, 6) is -0.0944. The average molecular weight is 420 g/mol. The number of amides is 2. The molecule has 0 bridgehead atoms. The van der Waals surface area contributed by atoms with Crippen LogP contribution in [0.1, 0.15) is 16.8 Å². The first-order valence-electron chi connectivity index (χ1n) is 9.06. The summed E-state index contributed by atoms with van der Waals surface area (Å²) in [7, 11) is -0.812. The van der Waals surface area contributed by atoms with Crippen LogP contribution in [-0.2, 0) is 14.8 Å². The Hall–Kier alpha value is -2.91. The Balaban J connectivity index is 1.74. The topological polar surface area (TPSA) is 105 Å². The first-order chi connectivity index (χ1) is 13.8. The van der Waals surface area contributed by atoms with Gasteiger partial charge >= 0.3 is 0 Å². The van der Waals surface area contributed by atoms with Crippen LogP contribution in [0.5, 0.6) is 5.75 Å². The quantitative estimate of drug-likeness (QED) is 0.564. The number of nitrogens with zero attached hydrogens (tertiary/aromatic N) is 1. The van der Waals surface area contributed by atoms with Crippen molar-refractivity contribution in [1.82, 2.24) is 14.9 Å². The lowest BCUT2D eigenvalue weighted by molar-refractivity contribution is -0.120. The number of rotatable bonds is 10. The molecule has 8 nitrogen and oxygen atoms in total. The summed E-state index contributed by atoms with van der Waals surface area (Å²) in [5, 5.41) is 5.17. The number of hydrogen-bond acceptors (Lipinski definition) is 5. The summed E-state index contributed by atoms with van der Waals surface area (Å²) in [6, 6.07) is 15.0. The number of carbonyl (C=O) groups is 2. The molecule has 0 aliphatic heterocycles. The Labute approximate surface area is 170 Å². The molecule has 0 heterocycles. The van der Waals surface area contributed by atoms with Gasteiger partial charge in [0.25, 0.3) is 5.91 Å². The van der Waals surface area contributed by atoms with Gasteiger partial charge in [0.15, 0.2) is 0 Å². The van der Waals surface area contributed by atoms with E-state index in [2.05, 4.69) is 10.6 Å². The van der Waals surface area contributed by atoms with E-state index in [-0.39, 0.29) is 22.9 Å². The molecule has 0 aliphatic carbocycles. The van der Waals surface area contributed by atoms with Crippen molar-refractivity contribution >= 4 is 21.8 Å². The molecular formula is C20H25N3O5S. The fourth-order valence-corrected chi connectivity index (χ4v) is 3.29. The number of hydrogen-bond donors (Lipinski definition) is 2. The lowest BCUT2D eigenvalue weighted by atomic mass is 10.2. The minimum Gasteiger partial charge on any atom is -0.494 e. The summed E-state index contributed by atoms with van der Waals surface area (Å²) < 4.78 is 30.9. The molecule has 0 spiro atoms. The summed E-state index contributed by atoms with van der Waals surface area (Å²) in [5.41, 5.74) is 0.164. The molecular weight excluding hydrogens is 394 g/mol. The maximum Gasteiger partial charge on any atom is 0.251 e. The number of para-hydroxylation sites is 1. The van der Waals surface area contributed by atoms with E-state index in [1.165, 1.54) is 38.4 Å². The number of nitrogens with one attached hydrogen (secondary N) is 2. The SMILES string of the molecule is CN(C)S(=O)(=O)c1cccc(C(=O)NCC(=O)NCCCOc2ccccc2)c1. The molecule has 0 saturated carbocycles. The number of sulfonamides is 1. The van der Waals surface area contributed by atoms with Crippen LogP contribution in [0.3, 0.4) is 0 Å². The van der Waals surface area contributed by atoms with Gasteiger partial charge in [0.05, 0.1) is 18.0 Å². The van der Waals surface area contributed by atoms with Gasteiger partial charge in [-0.15, -0.1) is 0 Å². The summed E-state index contributed by atoms with van der Waals surface area (Å²) in [4.78, 5) is 24.1.